The Morgan fingerprint density at radius 2 is 1.72 bits per heavy atom. The van der Waals surface area contributed by atoms with Crippen LogP contribution in [-0.4, -0.2) is 29.4 Å². The molecule has 4 heteroatoms. The Hall–Kier alpha value is -1.08. The van der Waals surface area contributed by atoms with Gasteiger partial charge in [0, 0.05) is 19.0 Å². The lowest BCUT2D eigenvalue weighted by molar-refractivity contribution is -0.136. The highest BCUT2D eigenvalue weighted by Crippen LogP contribution is 2.31. The molecule has 2 N–H and O–H groups in total. The smallest absolute Gasteiger partial charge is 0.225 e. The van der Waals surface area contributed by atoms with Crippen LogP contribution in [-0.2, 0) is 4.79 Å². The van der Waals surface area contributed by atoms with Gasteiger partial charge in [-0.05, 0) is 38.5 Å². The fraction of sp³-hybridized carbons (Fsp3) is 0.857. The molecule has 1 saturated heterocycles. The molecule has 1 aliphatic carbocycles. The van der Waals surface area contributed by atoms with Gasteiger partial charge in [0.1, 0.15) is 5.54 Å². The molecule has 0 atom stereocenters. The van der Waals surface area contributed by atoms with E-state index in [1.807, 2.05) is 4.90 Å². The van der Waals surface area contributed by atoms with Crippen LogP contribution in [0.4, 0.5) is 0 Å². The van der Waals surface area contributed by atoms with Crippen LogP contribution >= 0.6 is 0 Å². The van der Waals surface area contributed by atoms with Crippen molar-refractivity contribution in [2.24, 2.45) is 11.7 Å². The molecule has 2 fully saturated rings. The van der Waals surface area contributed by atoms with Gasteiger partial charge in [-0.2, -0.15) is 5.26 Å². The predicted octanol–water partition coefficient (Wildman–Crippen LogP) is 1.80. The highest BCUT2D eigenvalue weighted by atomic mass is 16.2. The quantitative estimate of drug-likeness (QED) is 0.770. The van der Waals surface area contributed by atoms with E-state index in [1.54, 1.807) is 0 Å². The molecule has 1 saturated carbocycles. The van der Waals surface area contributed by atoms with Gasteiger partial charge in [-0.1, -0.05) is 12.8 Å². The molecule has 0 aromatic carbocycles. The number of nitrogens with two attached hydrogens (primary N) is 1. The number of nitriles is 1. The summed E-state index contributed by atoms with van der Waals surface area (Å²) in [6.07, 6.45) is 7.64. The van der Waals surface area contributed by atoms with Crippen molar-refractivity contribution in [3.8, 4) is 6.07 Å². The van der Waals surface area contributed by atoms with Crippen molar-refractivity contribution < 1.29 is 4.79 Å². The molecule has 0 aromatic rings. The Morgan fingerprint density at radius 3 is 2.22 bits per heavy atom. The number of hydrogen-bond donors (Lipinski definition) is 1. The molecule has 1 amide bonds. The SMILES string of the molecule is N#CC1(N)CCC(C(=O)N2CCCCCC2)CC1. The second-order valence-electron chi connectivity index (χ2n) is 5.78. The van der Waals surface area contributed by atoms with Gasteiger partial charge >= 0.3 is 0 Å². The number of amides is 1. The zero-order chi connectivity index (χ0) is 13.0. The van der Waals surface area contributed by atoms with Gasteiger partial charge in [-0.25, -0.2) is 0 Å². The predicted molar refractivity (Wildman–Crippen MR) is 69.5 cm³/mol. The van der Waals surface area contributed by atoms with E-state index in [4.69, 9.17) is 11.0 Å². The summed E-state index contributed by atoms with van der Waals surface area (Å²) in [6, 6.07) is 2.18. The molecular formula is C14H23N3O. The Balaban J connectivity index is 1.89. The lowest BCUT2D eigenvalue weighted by Gasteiger charge is -2.33. The second-order valence-corrected chi connectivity index (χ2v) is 5.78. The Labute approximate surface area is 109 Å². The monoisotopic (exact) mass is 249 g/mol. The van der Waals surface area contributed by atoms with Crippen LogP contribution in [0.1, 0.15) is 51.4 Å². The summed E-state index contributed by atoms with van der Waals surface area (Å²) >= 11 is 0. The van der Waals surface area contributed by atoms with Gasteiger partial charge in [0.05, 0.1) is 6.07 Å². The van der Waals surface area contributed by atoms with Crippen LogP contribution in [0.5, 0.6) is 0 Å². The van der Waals surface area contributed by atoms with Crippen molar-refractivity contribution in [1.82, 2.24) is 4.90 Å². The van der Waals surface area contributed by atoms with Crippen LogP contribution in [0.15, 0.2) is 0 Å². The maximum Gasteiger partial charge on any atom is 0.225 e. The molecule has 0 bridgehead atoms. The third-order valence-corrected chi connectivity index (χ3v) is 4.37. The summed E-state index contributed by atoms with van der Waals surface area (Å²) in [5.74, 6) is 0.407. The number of carbonyl (C=O) groups is 1. The minimum atomic E-state index is -0.685. The standard InChI is InChI=1S/C14H23N3O/c15-11-14(16)7-5-12(6-8-14)13(18)17-9-3-1-2-4-10-17/h12H,1-10,16H2. The first-order chi connectivity index (χ1) is 8.64. The van der Waals surface area contributed by atoms with E-state index in [-0.39, 0.29) is 5.92 Å². The molecule has 1 aliphatic heterocycles. The van der Waals surface area contributed by atoms with E-state index in [9.17, 15) is 4.79 Å². The van der Waals surface area contributed by atoms with Crippen molar-refractivity contribution in [2.75, 3.05) is 13.1 Å². The molecule has 0 aromatic heterocycles. The zero-order valence-electron chi connectivity index (χ0n) is 11.0. The summed E-state index contributed by atoms with van der Waals surface area (Å²) in [4.78, 5) is 14.4. The largest absolute Gasteiger partial charge is 0.342 e. The Morgan fingerprint density at radius 1 is 1.17 bits per heavy atom. The van der Waals surface area contributed by atoms with Gasteiger partial charge in [0.2, 0.25) is 5.91 Å². The summed E-state index contributed by atoms with van der Waals surface area (Å²) in [5.41, 5.74) is 5.25. The highest BCUT2D eigenvalue weighted by Gasteiger charge is 2.36. The number of rotatable bonds is 1. The zero-order valence-corrected chi connectivity index (χ0v) is 11.0. The van der Waals surface area contributed by atoms with Crippen LogP contribution < -0.4 is 5.73 Å². The van der Waals surface area contributed by atoms with Crippen molar-refractivity contribution >= 4 is 5.91 Å². The van der Waals surface area contributed by atoms with Crippen molar-refractivity contribution in [1.29, 1.82) is 5.26 Å². The summed E-state index contributed by atoms with van der Waals surface area (Å²) < 4.78 is 0. The van der Waals surface area contributed by atoms with Gasteiger partial charge in [-0.15, -0.1) is 0 Å². The van der Waals surface area contributed by atoms with E-state index in [0.717, 1.165) is 38.8 Å². The third kappa shape index (κ3) is 3.02. The minimum absolute atomic E-state index is 0.105. The third-order valence-electron chi connectivity index (χ3n) is 4.37. The van der Waals surface area contributed by atoms with E-state index in [1.165, 1.54) is 12.8 Å². The molecule has 0 unspecified atom stereocenters. The molecule has 2 rings (SSSR count). The molecular weight excluding hydrogens is 226 g/mol. The number of carbonyl (C=O) groups excluding carboxylic acids is 1. The van der Waals surface area contributed by atoms with Crippen molar-refractivity contribution in [2.45, 2.75) is 56.9 Å². The van der Waals surface area contributed by atoms with Gasteiger partial charge < -0.3 is 10.6 Å². The Bertz CT molecular complexity index is 331. The number of nitrogens with zero attached hydrogens (tertiary/aromatic N) is 2. The van der Waals surface area contributed by atoms with Crippen LogP contribution in [0.2, 0.25) is 0 Å². The lowest BCUT2D eigenvalue weighted by Crippen LogP contribution is -2.45. The first kappa shape index (κ1) is 13.4. The molecule has 2 aliphatic rings. The number of hydrogen-bond acceptors (Lipinski definition) is 3. The van der Waals surface area contributed by atoms with E-state index < -0.39 is 5.54 Å². The van der Waals surface area contributed by atoms with Gasteiger partial charge in [-0.3, -0.25) is 4.79 Å². The molecule has 100 valence electrons. The normalized spacial score (nSPS) is 33.6. The lowest BCUT2D eigenvalue weighted by atomic mass is 9.77. The van der Waals surface area contributed by atoms with E-state index >= 15 is 0 Å². The molecule has 0 spiro atoms. The summed E-state index contributed by atoms with van der Waals surface area (Å²) in [6.45, 7) is 1.84. The van der Waals surface area contributed by atoms with Crippen LogP contribution in [0.3, 0.4) is 0 Å². The van der Waals surface area contributed by atoms with Gasteiger partial charge in [0.15, 0.2) is 0 Å². The first-order valence-corrected chi connectivity index (χ1v) is 7.13. The first-order valence-electron chi connectivity index (χ1n) is 7.13. The number of likely N-dealkylation sites (tertiary alicyclic amines) is 1. The molecule has 0 radical (unpaired) electrons. The molecule has 18 heavy (non-hydrogen) atoms. The summed E-state index contributed by atoms with van der Waals surface area (Å²) in [5, 5.41) is 8.99. The highest BCUT2D eigenvalue weighted by molar-refractivity contribution is 5.79. The van der Waals surface area contributed by atoms with Crippen LogP contribution in [0, 0.1) is 17.2 Å². The van der Waals surface area contributed by atoms with Crippen molar-refractivity contribution in [3.63, 3.8) is 0 Å². The Kier molecular flexibility index (Phi) is 4.23. The van der Waals surface area contributed by atoms with E-state index in [0.29, 0.717) is 18.7 Å². The summed E-state index contributed by atoms with van der Waals surface area (Å²) in [7, 11) is 0. The van der Waals surface area contributed by atoms with Crippen molar-refractivity contribution in [3.05, 3.63) is 0 Å². The maximum atomic E-state index is 12.4. The van der Waals surface area contributed by atoms with Gasteiger partial charge in [0.25, 0.3) is 0 Å². The maximum absolute atomic E-state index is 12.4. The molecule has 4 nitrogen and oxygen atoms in total. The fourth-order valence-corrected chi connectivity index (χ4v) is 3.04. The topological polar surface area (TPSA) is 70.1 Å². The average Bonchev–Trinajstić information content (AvgIpc) is 2.68. The second kappa shape index (κ2) is 5.71. The van der Waals surface area contributed by atoms with E-state index in [2.05, 4.69) is 6.07 Å². The van der Waals surface area contributed by atoms with Crippen LogP contribution in [0.25, 0.3) is 0 Å². The molecule has 1 heterocycles. The average molecular weight is 249 g/mol. The minimum Gasteiger partial charge on any atom is -0.342 e. The fourth-order valence-electron chi connectivity index (χ4n) is 3.04.